The van der Waals surface area contributed by atoms with Crippen molar-refractivity contribution in [1.82, 2.24) is 10.0 Å². The predicted octanol–water partition coefficient (Wildman–Crippen LogP) is 1.47. The molecule has 148 valence electrons. The standard InChI is InChI=1S/C19H26N2O5S/c1-3-11-20-19(23)14(2)26-18(22)10-12-21-27(24,25)17-9-8-15-6-4-5-7-16(15)13-17/h3,8-9,13-14,21H,1,4-7,10-12H2,2H3,(H,20,23)/t14-/m0/s1. The zero-order valence-corrected chi connectivity index (χ0v) is 16.3. The van der Waals surface area contributed by atoms with Crippen molar-refractivity contribution < 1.29 is 22.7 Å². The van der Waals surface area contributed by atoms with E-state index in [1.54, 1.807) is 12.1 Å². The van der Waals surface area contributed by atoms with Gasteiger partial charge in [-0.1, -0.05) is 12.1 Å². The molecule has 1 amide bonds. The number of amides is 1. The molecule has 0 heterocycles. The highest BCUT2D eigenvalue weighted by atomic mass is 32.2. The molecule has 0 spiro atoms. The van der Waals surface area contributed by atoms with Crippen LogP contribution in [-0.4, -0.2) is 39.5 Å². The monoisotopic (exact) mass is 394 g/mol. The predicted molar refractivity (Wildman–Crippen MR) is 102 cm³/mol. The number of aryl methyl sites for hydroxylation is 2. The maximum absolute atomic E-state index is 12.4. The quantitative estimate of drug-likeness (QED) is 0.488. The summed E-state index contributed by atoms with van der Waals surface area (Å²) in [5.74, 6) is -1.08. The normalized spacial score (nSPS) is 14.7. The molecule has 8 heteroatoms. The summed E-state index contributed by atoms with van der Waals surface area (Å²) in [4.78, 5) is 23.6. The van der Waals surface area contributed by atoms with Gasteiger partial charge < -0.3 is 10.1 Å². The number of carbonyl (C=O) groups is 2. The number of carbonyl (C=O) groups excluding carboxylic acids is 2. The summed E-state index contributed by atoms with van der Waals surface area (Å²) in [6.45, 7) is 5.11. The lowest BCUT2D eigenvalue weighted by Gasteiger charge is -2.17. The maximum Gasteiger partial charge on any atom is 0.307 e. The Morgan fingerprint density at radius 1 is 1.26 bits per heavy atom. The maximum atomic E-state index is 12.4. The largest absolute Gasteiger partial charge is 0.453 e. The molecule has 1 aromatic rings. The summed E-state index contributed by atoms with van der Waals surface area (Å²) in [6, 6.07) is 5.17. The summed E-state index contributed by atoms with van der Waals surface area (Å²) in [6.07, 6.45) is 4.46. The lowest BCUT2D eigenvalue weighted by Crippen LogP contribution is -2.36. The van der Waals surface area contributed by atoms with Gasteiger partial charge in [0.2, 0.25) is 10.0 Å². The topological polar surface area (TPSA) is 102 Å². The highest BCUT2D eigenvalue weighted by molar-refractivity contribution is 7.89. The van der Waals surface area contributed by atoms with Crippen LogP contribution in [0.2, 0.25) is 0 Å². The van der Waals surface area contributed by atoms with Crippen molar-refractivity contribution >= 4 is 21.9 Å². The second-order valence-electron chi connectivity index (χ2n) is 6.45. The average molecular weight is 394 g/mol. The summed E-state index contributed by atoms with van der Waals surface area (Å²) >= 11 is 0. The van der Waals surface area contributed by atoms with Gasteiger partial charge in [-0.2, -0.15) is 0 Å². The molecule has 0 saturated carbocycles. The second kappa shape index (κ2) is 9.66. The van der Waals surface area contributed by atoms with Gasteiger partial charge >= 0.3 is 5.97 Å². The number of rotatable bonds is 9. The molecule has 7 nitrogen and oxygen atoms in total. The van der Waals surface area contributed by atoms with Crippen molar-refractivity contribution in [2.24, 2.45) is 0 Å². The van der Waals surface area contributed by atoms with Crippen LogP contribution in [0.5, 0.6) is 0 Å². The Labute approximate surface area is 160 Å². The van der Waals surface area contributed by atoms with Crippen molar-refractivity contribution in [1.29, 1.82) is 0 Å². The molecule has 0 bridgehead atoms. The molecule has 0 aliphatic heterocycles. The van der Waals surface area contributed by atoms with E-state index in [4.69, 9.17) is 4.74 Å². The first-order chi connectivity index (χ1) is 12.8. The number of nitrogens with one attached hydrogen (secondary N) is 2. The van der Waals surface area contributed by atoms with E-state index >= 15 is 0 Å². The number of esters is 1. The van der Waals surface area contributed by atoms with Crippen LogP contribution in [0.15, 0.2) is 35.7 Å². The molecule has 0 fully saturated rings. The Kier molecular flexibility index (Phi) is 7.55. The molecular weight excluding hydrogens is 368 g/mol. The fourth-order valence-corrected chi connectivity index (χ4v) is 3.96. The lowest BCUT2D eigenvalue weighted by atomic mass is 9.92. The van der Waals surface area contributed by atoms with E-state index in [1.807, 2.05) is 6.07 Å². The van der Waals surface area contributed by atoms with Crippen molar-refractivity contribution in [3.63, 3.8) is 0 Å². The third-order valence-electron chi connectivity index (χ3n) is 4.35. The van der Waals surface area contributed by atoms with Gasteiger partial charge in [-0.05, 0) is 55.9 Å². The summed E-state index contributed by atoms with van der Waals surface area (Å²) in [7, 11) is -3.69. The van der Waals surface area contributed by atoms with E-state index in [0.717, 1.165) is 31.2 Å². The highest BCUT2D eigenvalue weighted by Gasteiger charge is 2.20. The molecule has 1 atom stereocenters. The summed E-state index contributed by atoms with van der Waals surface area (Å²) in [5.41, 5.74) is 2.27. The zero-order chi connectivity index (χ0) is 19.9. The number of hydrogen-bond donors (Lipinski definition) is 2. The van der Waals surface area contributed by atoms with Crippen LogP contribution in [-0.2, 0) is 37.2 Å². The van der Waals surface area contributed by atoms with Gasteiger partial charge in [0.1, 0.15) is 0 Å². The minimum Gasteiger partial charge on any atom is -0.453 e. The van der Waals surface area contributed by atoms with Gasteiger partial charge in [0.25, 0.3) is 5.91 Å². The van der Waals surface area contributed by atoms with Crippen LogP contribution in [0, 0.1) is 0 Å². The number of fused-ring (bicyclic) bond motifs is 1. The fraction of sp³-hybridized carbons (Fsp3) is 0.474. The third-order valence-corrected chi connectivity index (χ3v) is 5.81. The highest BCUT2D eigenvalue weighted by Crippen LogP contribution is 2.24. The molecule has 1 aliphatic carbocycles. The first kappa shape index (κ1) is 21.1. The number of ether oxygens (including phenoxy) is 1. The van der Waals surface area contributed by atoms with Crippen molar-refractivity contribution in [3.8, 4) is 0 Å². The Morgan fingerprint density at radius 3 is 2.67 bits per heavy atom. The first-order valence-electron chi connectivity index (χ1n) is 9.03. The van der Waals surface area contributed by atoms with E-state index < -0.39 is 28.0 Å². The molecule has 0 unspecified atom stereocenters. The van der Waals surface area contributed by atoms with Gasteiger partial charge in [0, 0.05) is 13.1 Å². The first-order valence-corrected chi connectivity index (χ1v) is 10.5. The summed E-state index contributed by atoms with van der Waals surface area (Å²) < 4.78 is 32.2. The smallest absolute Gasteiger partial charge is 0.307 e. The lowest BCUT2D eigenvalue weighted by molar-refractivity contribution is -0.154. The zero-order valence-electron chi connectivity index (χ0n) is 15.5. The number of benzene rings is 1. The SMILES string of the molecule is C=CCNC(=O)[C@H](C)OC(=O)CCNS(=O)(=O)c1ccc2c(c1)CCCC2. The Bertz CT molecular complexity index is 804. The molecule has 2 rings (SSSR count). The fourth-order valence-electron chi connectivity index (χ4n) is 2.87. The van der Waals surface area contributed by atoms with Crippen LogP contribution < -0.4 is 10.0 Å². The van der Waals surface area contributed by atoms with Crippen molar-refractivity contribution in [3.05, 3.63) is 42.0 Å². The van der Waals surface area contributed by atoms with Crippen LogP contribution in [0.25, 0.3) is 0 Å². The van der Waals surface area contributed by atoms with Crippen LogP contribution in [0.1, 0.15) is 37.3 Å². The van der Waals surface area contributed by atoms with E-state index in [0.29, 0.717) is 0 Å². The third kappa shape index (κ3) is 6.18. The average Bonchev–Trinajstić information content (AvgIpc) is 2.65. The van der Waals surface area contributed by atoms with Crippen LogP contribution in [0.3, 0.4) is 0 Å². The van der Waals surface area contributed by atoms with E-state index in [-0.39, 0.29) is 24.4 Å². The van der Waals surface area contributed by atoms with Gasteiger partial charge in [-0.3, -0.25) is 9.59 Å². The minimum absolute atomic E-state index is 0.0980. The Hall–Kier alpha value is -2.19. The molecule has 1 aliphatic rings. The molecule has 0 aromatic heterocycles. The molecule has 1 aromatic carbocycles. The van der Waals surface area contributed by atoms with Crippen LogP contribution >= 0.6 is 0 Å². The van der Waals surface area contributed by atoms with Gasteiger partial charge in [-0.15, -0.1) is 6.58 Å². The minimum atomic E-state index is -3.69. The molecule has 27 heavy (non-hydrogen) atoms. The van der Waals surface area contributed by atoms with Crippen LogP contribution in [0.4, 0.5) is 0 Å². The van der Waals surface area contributed by atoms with Crippen molar-refractivity contribution in [2.75, 3.05) is 13.1 Å². The summed E-state index contributed by atoms with van der Waals surface area (Å²) in [5, 5.41) is 2.52. The molecule has 0 saturated heterocycles. The van der Waals surface area contributed by atoms with E-state index in [1.165, 1.54) is 18.6 Å². The van der Waals surface area contributed by atoms with E-state index in [9.17, 15) is 18.0 Å². The molecule has 0 radical (unpaired) electrons. The van der Waals surface area contributed by atoms with Gasteiger partial charge in [0.05, 0.1) is 11.3 Å². The van der Waals surface area contributed by atoms with Crippen molar-refractivity contribution in [2.45, 2.75) is 50.0 Å². The Morgan fingerprint density at radius 2 is 1.96 bits per heavy atom. The molecular formula is C19H26N2O5S. The van der Waals surface area contributed by atoms with E-state index in [2.05, 4.69) is 16.6 Å². The number of sulfonamides is 1. The molecule has 2 N–H and O–H groups in total. The Balaban J connectivity index is 1.84. The number of hydrogen-bond acceptors (Lipinski definition) is 5. The van der Waals surface area contributed by atoms with Gasteiger partial charge in [-0.25, -0.2) is 13.1 Å². The second-order valence-corrected chi connectivity index (χ2v) is 8.22. The van der Waals surface area contributed by atoms with Gasteiger partial charge in [0.15, 0.2) is 6.10 Å².